The normalized spacial score (nSPS) is 30.5. The standard InChI is InChI=1S/C20H30O2/c1-18(2)9-6-10-20(5)14-12-16(21)15(19(3,4)22)11-13(14)7-8-17(18)20/h11-12,17,21-22H,6-10H2,1-5H3. The van der Waals surface area contributed by atoms with E-state index in [0.717, 1.165) is 6.42 Å². The van der Waals surface area contributed by atoms with E-state index in [1.165, 1.54) is 36.8 Å². The lowest BCUT2D eigenvalue weighted by Gasteiger charge is -2.54. The number of aryl methyl sites for hydroxylation is 1. The molecule has 1 saturated carbocycles. The molecule has 2 unspecified atom stereocenters. The van der Waals surface area contributed by atoms with Crippen molar-refractivity contribution in [1.82, 2.24) is 0 Å². The first-order valence-corrected chi connectivity index (χ1v) is 8.65. The van der Waals surface area contributed by atoms with Crippen LogP contribution in [0.15, 0.2) is 12.1 Å². The molecule has 122 valence electrons. The number of fused-ring (bicyclic) bond motifs is 3. The Morgan fingerprint density at radius 2 is 1.82 bits per heavy atom. The summed E-state index contributed by atoms with van der Waals surface area (Å²) in [4.78, 5) is 0. The summed E-state index contributed by atoms with van der Waals surface area (Å²) in [5, 5.41) is 20.8. The zero-order valence-electron chi connectivity index (χ0n) is 14.7. The van der Waals surface area contributed by atoms with Crippen molar-refractivity contribution in [3.63, 3.8) is 0 Å². The van der Waals surface area contributed by atoms with Gasteiger partial charge in [-0.05, 0) is 79.5 Å². The third-order valence-electron chi connectivity index (χ3n) is 6.43. The Kier molecular flexibility index (Phi) is 3.41. The summed E-state index contributed by atoms with van der Waals surface area (Å²) in [5.74, 6) is 0.921. The van der Waals surface area contributed by atoms with E-state index >= 15 is 0 Å². The van der Waals surface area contributed by atoms with Crippen LogP contribution in [0, 0.1) is 11.3 Å². The molecule has 0 heterocycles. The quantitative estimate of drug-likeness (QED) is 0.792. The lowest BCUT2D eigenvalue weighted by molar-refractivity contribution is 0.0399. The van der Waals surface area contributed by atoms with Crippen molar-refractivity contribution in [2.45, 2.75) is 77.7 Å². The van der Waals surface area contributed by atoms with Crippen LogP contribution in [0.5, 0.6) is 5.75 Å². The van der Waals surface area contributed by atoms with Crippen molar-refractivity contribution in [3.8, 4) is 5.75 Å². The van der Waals surface area contributed by atoms with Gasteiger partial charge in [0.2, 0.25) is 0 Å². The van der Waals surface area contributed by atoms with E-state index in [1.807, 2.05) is 12.1 Å². The predicted molar refractivity (Wildman–Crippen MR) is 90.1 cm³/mol. The number of phenols is 1. The number of benzene rings is 1. The van der Waals surface area contributed by atoms with Crippen LogP contribution in [-0.4, -0.2) is 10.2 Å². The highest BCUT2D eigenvalue weighted by Gasteiger charge is 2.50. The molecule has 1 fully saturated rings. The van der Waals surface area contributed by atoms with Gasteiger partial charge in [-0.15, -0.1) is 0 Å². The fourth-order valence-corrected chi connectivity index (χ4v) is 5.32. The lowest BCUT2D eigenvalue weighted by atomic mass is 9.50. The highest BCUT2D eigenvalue weighted by molar-refractivity contribution is 5.49. The minimum Gasteiger partial charge on any atom is -0.508 e. The van der Waals surface area contributed by atoms with E-state index in [2.05, 4.69) is 20.8 Å². The third-order valence-corrected chi connectivity index (χ3v) is 6.43. The van der Waals surface area contributed by atoms with E-state index in [-0.39, 0.29) is 11.2 Å². The molecule has 2 atom stereocenters. The second kappa shape index (κ2) is 4.74. The SMILES string of the molecule is CC(C)(O)c1cc2c(cc1O)C1(C)CCCC(C)(C)C1CC2. The van der Waals surface area contributed by atoms with E-state index in [1.54, 1.807) is 13.8 Å². The van der Waals surface area contributed by atoms with Gasteiger partial charge in [0.05, 0.1) is 5.60 Å². The van der Waals surface area contributed by atoms with Crippen LogP contribution in [0.2, 0.25) is 0 Å². The van der Waals surface area contributed by atoms with Crippen LogP contribution in [0.4, 0.5) is 0 Å². The molecule has 0 aromatic heterocycles. The van der Waals surface area contributed by atoms with Gasteiger partial charge in [-0.3, -0.25) is 0 Å². The fraction of sp³-hybridized carbons (Fsp3) is 0.700. The molecule has 0 aliphatic heterocycles. The van der Waals surface area contributed by atoms with Crippen molar-refractivity contribution in [2.24, 2.45) is 11.3 Å². The second-order valence-corrected chi connectivity index (χ2v) is 8.94. The smallest absolute Gasteiger partial charge is 0.121 e. The maximum atomic E-state index is 10.5. The van der Waals surface area contributed by atoms with Crippen molar-refractivity contribution < 1.29 is 10.2 Å². The molecule has 2 aliphatic carbocycles. The number of phenolic OH excluding ortho intramolecular Hbond substituents is 1. The Morgan fingerprint density at radius 3 is 2.45 bits per heavy atom. The average Bonchev–Trinajstić information content (AvgIpc) is 2.36. The molecule has 0 radical (unpaired) electrons. The van der Waals surface area contributed by atoms with Crippen LogP contribution < -0.4 is 0 Å². The molecule has 1 aromatic rings. The van der Waals surface area contributed by atoms with Gasteiger partial charge in [-0.25, -0.2) is 0 Å². The Balaban J connectivity index is 2.13. The van der Waals surface area contributed by atoms with Crippen molar-refractivity contribution in [2.75, 3.05) is 0 Å². The van der Waals surface area contributed by atoms with Crippen molar-refractivity contribution in [3.05, 3.63) is 28.8 Å². The van der Waals surface area contributed by atoms with Crippen LogP contribution >= 0.6 is 0 Å². The first-order chi connectivity index (χ1) is 10.1. The number of hydrogen-bond acceptors (Lipinski definition) is 2. The van der Waals surface area contributed by atoms with Crippen LogP contribution in [-0.2, 0) is 17.4 Å². The van der Waals surface area contributed by atoms with Crippen molar-refractivity contribution in [1.29, 1.82) is 0 Å². The highest BCUT2D eigenvalue weighted by atomic mass is 16.3. The number of aliphatic hydroxyl groups is 1. The first-order valence-electron chi connectivity index (χ1n) is 8.65. The summed E-state index contributed by atoms with van der Waals surface area (Å²) in [5.41, 5.74) is 2.83. The summed E-state index contributed by atoms with van der Waals surface area (Å²) in [6.45, 7) is 10.7. The summed E-state index contributed by atoms with van der Waals surface area (Å²) in [6.07, 6.45) is 6.04. The van der Waals surface area contributed by atoms with E-state index in [9.17, 15) is 10.2 Å². The van der Waals surface area contributed by atoms with E-state index in [0.29, 0.717) is 16.9 Å². The molecule has 2 N–H and O–H groups in total. The number of hydrogen-bond donors (Lipinski definition) is 2. The monoisotopic (exact) mass is 302 g/mol. The maximum Gasteiger partial charge on any atom is 0.121 e. The average molecular weight is 302 g/mol. The fourth-order valence-electron chi connectivity index (χ4n) is 5.32. The van der Waals surface area contributed by atoms with Crippen molar-refractivity contribution >= 4 is 0 Å². The van der Waals surface area contributed by atoms with Gasteiger partial charge in [0.1, 0.15) is 5.75 Å². The molecule has 1 aromatic carbocycles. The van der Waals surface area contributed by atoms with Gasteiger partial charge in [-0.2, -0.15) is 0 Å². The molecule has 0 amide bonds. The van der Waals surface area contributed by atoms with Gasteiger partial charge in [0.15, 0.2) is 0 Å². The number of rotatable bonds is 1. The Bertz CT molecular complexity index is 594. The van der Waals surface area contributed by atoms with Gasteiger partial charge in [-0.1, -0.05) is 27.2 Å². The first kappa shape index (κ1) is 15.9. The Morgan fingerprint density at radius 1 is 1.14 bits per heavy atom. The molecular weight excluding hydrogens is 272 g/mol. The molecule has 3 rings (SSSR count). The van der Waals surface area contributed by atoms with Crippen LogP contribution in [0.25, 0.3) is 0 Å². The molecule has 2 heteroatoms. The van der Waals surface area contributed by atoms with Gasteiger partial charge in [0, 0.05) is 5.56 Å². The zero-order valence-corrected chi connectivity index (χ0v) is 14.7. The molecular formula is C20H30O2. The third kappa shape index (κ3) is 2.27. The summed E-state index contributed by atoms with van der Waals surface area (Å²) < 4.78 is 0. The molecule has 2 nitrogen and oxygen atoms in total. The minimum absolute atomic E-state index is 0.158. The largest absolute Gasteiger partial charge is 0.508 e. The number of aromatic hydroxyl groups is 1. The van der Waals surface area contributed by atoms with Crippen LogP contribution in [0.1, 0.15) is 77.0 Å². The molecule has 0 bridgehead atoms. The minimum atomic E-state index is -0.997. The van der Waals surface area contributed by atoms with Gasteiger partial charge < -0.3 is 10.2 Å². The highest BCUT2D eigenvalue weighted by Crippen LogP contribution is 2.57. The summed E-state index contributed by atoms with van der Waals surface area (Å²) in [7, 11) is 0. The lowest BCUT2D eigenvalue weighted by Crippen LogP contribution is -2.47. The van der Waals surface area contributed by atoms with Gasteiger partial charge >= 0.3 is 0 Å². The Hall–Kier alpha value is -1.02. The maximum absolute atomic E-state index is 10.5. The summed E-state index contributed by atoms with van der Waals surface area (Å²) in [6, 6.07) is 4.00. The second-order valence-electron chi connectivity index (χ2n) is 8.94. The molecule has 2 aliphatic rings. The van der Waals surface area contributed by atoms with Crippen LogP contribution in [0.3, 0.4) is 0 Å². The molecule has 22 heavy (non-hydrogen) atoms. The summed E-state index contributed by atoms with van der Waals surface area (Å²) >= 11 is 0. The zero-order chi connectivity index (χ0) is 16.3. The molecule has 0 saturated heterocycles. The van der Waals surface area contributed by atoms with Gasteiger partial charge in [0.25, 0.3) is 0 Å². The predicted octanol–water partition coefficient (Wildman–Crippen LogP) is 4.65. The Labute approximate surface area is 134 Å². The van der Waals surface area contributed by atoms with E-state index in [4.69, 9.17) is 0 Å². The molecule has 0 spiro atoms. The topological polar surface area (TPSA) is 40.5 Å². The van der Waals surface area contributed by atoms with E-state index < -0.39 is 5.60 Å².